The number of fused-ring (bicyclic) bond motifs is 1. The van der Waals surface area contributed by atoms with Crippen molar-refractivity contribution in [1.82, 2.24) is 9.21 Å². The summed E-state index contributed by atoms with van der Waals surface area (Å²) in [6.45, 7) is 3.91. The molecule has 1 amide bonds. The summed E-state index contributed by atoms with van der Waals surface area (Å²) >= 11 is 1.75. The Bertz CT molecular complexity index is 928. The standard InChI is InChI=1S/C20H24N2O3S2/c1-15-18-10-14-26-19(18)9-13-22(15)20(23)16-5-7-17(8-6-16)27(24,25)21-11-3-2-4-12-21/h5-8,10,14-15H,2-4,9,11-13H2,1H3. The number of carbonyl (C=O) groups is 1. The zero-order chi connectivity index (χ0) is 19.0. The Morgan fingerprint density at radius 3 is 2.44 bits per heavy atom. The number of hydrogen-bond donors (Lipinski definition) is 0. The van der Waals surface area contributed by atoms with Crippen LogP contribution in [0.4, 0.5) is 0 Å². The third kappa shape index (κ3) is 3.44. The number of rotatable bonds is 3. The molecule has 0 radical (unpaired) electrons. The van der Waals surface area contributed by atoms with Gasteiger partial charge in [-0.05, 0) is 67.5 Å². The number of piperidine rings is 1. The molecular formula is C20H24N2O3S2. The molecule has 27 heavy (non-hydrogen) atoms. The van der Waals surface area contributed by atoms with Crippen molar-refractivity contribution < 1.29 is 13.2 Å². The second kappa shape index (κ2) is 7.37. The molecule has 3 heterocycles. The van der Waals surface area contributed by atoms with E-state index in [9.17, 15) is 13.2 Å². The molecule has 1 aromatic heterocycles. The second-order valence-corrected chi connectivity index (χ2v) is 10.2. The predicted molar refractivity (Wildman–Crippen MR) is 107 cm³/mol. The average Bonchev–Trinajstić information content (AvgIpc) is 3.18. The van der Waals surface area contributed by atoms with Crippen LogP contribution in [0.5, 0.6) is 0 Å². The largest absolute Gasteiger partial charge is 0.331 e. The van der Waals surface area contributed by atoms with Gasteiger partial charge in [-0.25, -0.2) is 8.42 Å². The first-order chi connectivity index (χ1) is 13.0. The molecule has 2 aromatic rings. The van der Waals surface area contributed by atoms with Gasteiger partial charge in [0.05, 0.1) is 10.9 Å². The maximum atomic E-state index is 13.0. The number of thiophene rings is 1. The zero-order valence-electron chi connectivity index (χ0n) is 15.4. The van der Waals surface area contributed by atoms with E-state index >= 15 is 0 Å². The summed E-state index contributed by atoms with van der Waals surface area (Å²) in [6, 6.07) is 8.58. The molecule has 2 aliphatic heterocycles. The molecule has 7 heteroatoms. The number of carbonyl (C=O) groups excluding carboxylic acids is 1. The van der Waals surface area contributed by atoms with Gasteiger partial charge in [0.15, 0.2) is 0 Å². The fourth-order valence-electron chi connectivity index (χ4n) is 3.98. The Morgan fingerprint density at radius 2 is 1.74 bits per heavy atom. The molecule has 1 atom stereocenters. The van der Waals surface area contributed by atoms with Gasteiger partial charge in [0.2, 0.25) is 10.0 Å². The van der Waals surface area contributed by atoms with Gasteiger partial charge in [0.25, 0.3) is 5.91 Å². The van der Waals surface area contributed by atoms with E-state index in [1.165, 1.54) is 10.4 Å². The molecule has 0 N–H and O–H groups in total. The Balaban J connectivity index is 1.53. The second-order valence-electron chi connectivity index (χ2n) is 7.21. The van der Waals surface area contributed by atoms with Crippen molar-refractivity contribution in [1.29, 1.82) is 0 Å². The minimum absolute atomic E-state index is 0.0405. The van der Waals surface area contributed by atoms with E-state index in [2.05, 4.69) is 18.4 Å². The lowest BCUT2D eigenvalue weighted by atomic mass is 10.0. The van der Waals surface area contributed by atoms with Gasteiger partial charge < -0.3 is 4.90 Å². The van der Waals surface area contributed by atoms with Crippen LogP contribution in [0.3, 0.4) is 0 Å². The van der Waals surface area contributed by atoms with Gasteiger partial charge in [-0.3, -0.25) is 4.79 Å². The van der Waals surface area contributed by atoms with Crippen LogP contribution in [0.2, 0.25) is 0 Å². The van der Waals surface area contributed by atoms with Gasteiger partial charge in [-0.15, -0.1) is 11.3 Å². The van der Waals surface area contributed by atoms with Crippen LogP contribution in [-0.2, 0) is 16.4 Å². The number of nitrogens with zero attached hydrogens (tertiary/aromatic N) is 2. The first kappa shape index (κ1) is 18.7. The van der Waals surface area contributed by atoms with Crippen LogP contribution < -0.4 is 0 Å². The van der Waals surface area contributed by atoms with Gasteiger partial charge in [-0.1, -0.05) is 6.42 Å². The highest BCUT2D eigenvalue weighted by Gasteiger charge is 2.30. The Kier molecular flexibility index (Phi) is 5.09. The molecule has 144 valence electrons. The molecule has 1 unspecified atom stereocenters. The maximum absolute atomic E-state index is 13.0. The van der Waals surface area contributed by atoms with Crippen molar-refractivity contribution in [3.05, 3.63) is 51.7 Å². The van der Waals surface area contributed by atoms with Crippen molar-refractivity contribution in [2.24, 2.45) is 0 Å². The van der Waals surface area contributed by atoms with Crippen LogP contribution in [-0.4, -0.2) is 43.2 Å². The number of sulfonamides is 1. The van der Waals surface area contributed by atoms with Gasteiger partial charge in [-0.2, -0.15) is 4.31 Å². The minimum atomic E-state index is -3.46. The molecule has 5 nitrogen and oxygen atoms in total. The van der Waals surface area contributed by atoms with Crippen molar-refractivity contribution in [3.8, 4) is 0 Å². The number of amides is 1. The fourth-order valence-corrected chi connectivity index (χ4v) is 6.46. The zero-order valence-corrected chi connectivity index (χ0v) is 17.1. The molecule has 0 saturated carbocycles. The lowest BCUT2D eigenvalue weighted by Crippen LogP contribution is -2.38. The van der Waals surface area contributed by atoms with Crippen molar-refractivity contribution in [2.45, 2.75) is 43.5 Å². The van der Waals surface area contributed by atoms with E-state index in [0.29, 0.717) is 25.2 Å². The summed E-state index contributed by atoms with van der Waals surface area (Å²) < 4.78 is 27.1. The van der Waals surface area contributed by atoms with Crippen LogP contribution in [0.15, 0.2) is 40.6 Å². The third-order valence-corrected chi connectivity index (χ3v) is 8.50. The normalized spacial score (nSPS) is 21.1. The Labute approximate surface area is 164 Å². The lowest BCUT2D eigenvalue weighted by molar-refractivity contribution is 0.0679. The predicted octanol–water partition coefficient (Wildman–Crippen LogP) is 3.68. The summed E-state index contributed by atoms with van der Waals surface area (Å²) in [5, 5.41) is 2.08. The summed E-state index contributed by atoms with van der Waals surface area (Å²) in [4.78, 5) is 16.5. The number of hydrogen-bond acceptors (Lipinski definition) is 4. The van der Waals surface area contributed by atoms with E-state index < -0.39 is 10.0 Å². The molecule has 2 aliphatic rings. The first-order valence-electron chi connectivity index (χ1n) is 9.46. The molecule has 0 aliphatic carbocycles. The Morgan fingerprint density at radius 1 is 1.04 bits per heavy atom. The van der Waals surface area contributed by atoms with Crippen LogP contribution >= 0.6 is 11.3 Å². The molecular weight excluding hydrogens is 380 g/mol. The van der Waals surface area contributed by atoms with Crippen LogP contribution in [0, 0.1) is 0 Å². The summed E-state index contributed by atoms with van der Waals surface area (Å²) in [6.07, 6.45) is 3.78. The average molecular weight is 405 g/mol. The van der Waals surface area contributed by atoms with E-state index in [4.69, 9.17) is 0 Å². The summed E-state index contributed by atoms with van der Waals surface area (Å²) in [5.74, 6) is -0.0405. The van der Waals surface area contributed by atoms with Crippen molar-refractivity contribution in [3.63, 3.8) is 0 Å². The van der Waals surface area contributed by atoms with Gasteiger partial charge in [0.1, 0.15) is 0 Å². The van der Waals surface area contributed by atoms with E-state index in [1.807, 2.05) is 4.90 Å². The maximum Gasteiger partial charge on any atom is 0.254 e. The Hall–Kier alpha value is -1.70. The topological polar surface area (TPSA) is 57.7 Å². The highest BCUT2D eigenvalue weighted by Crippen LogP contribution is 2.33. The molecule has 1 fully saturated rings. The summed E-state index contributed by atoms with van der Waals surface area (Å²) in [5.41, 5.74) is 1.77. The van der Waals surface area contributed by atoms with Crippen LogP contribution in [0.25, 0.3) is 0 Å². The van der Waals surface area contributed by atoms with E-state index in [1.54, 1.807) is 39.9 Å². The van der Waals surface area contributed by atoms with Gasteiger partial charge >= 0.3 is 0 Å². The highest BCUT2D eigenvalue weighted by atomic mass is 32.2. The van der Waals surface area contributed by atoms with E-state index in [0.717, 1.165) is 25.7 Å². The van der Waals surface area contributed by atoms with E-state index in [-0.39, 0.29) is 16.8 Å². The molecule has 1 saturated heterocycles. The highest BCUT2D eigenvalue weighted by molar-refractivity contribution is 7.89. The SMILES string of the molecule is CC1c2ccsc2CCN1C(=O)c1ccc(S(=O)(=O)N2CCCCC2)cc1. The smallest absolute Gasteiger partial charge is 0.254 e. The van der Waals surface area contributed by atoms with Gasteiger partial charge in [0, 0.05) is 30.1 Å². The van der Waals surface area contributed by atoms with Crippen molar-refractivity contribution >= 4 is 27.3 Å². The molecule has 1 aromatic carbocycles. The fraction of sp³-hybridized carbons (Fsp3) is 0.450. The summed E-state index contributed by atoms with van der Waals surface area (Å²) in [7, 11) is -3.46. The lowest BCUT2D eigenvalue weighted by Gasteiger charge is -2.33. The van der Waals surface area contributed by atoms with Crippen LogP contribution in [0.1, 0.15) is 53.0 Å². The molecule has 4 rings (SSSR count). The van der Waals surface area contributed by atoms with Crippen molar-refractivity contribution in [2.75, 3.05) is 19.6 Å². The number of benzene rings is 1. The molecule has 0 spiro atoms. The molecule has 0 bridgehead atoms. The minimum Gasteiger partial charge on any atom is -0.331 e. The first-order valence-corrected chi connectivity index (χ1v) is 11.8. The quantitative estimate of drug-likeness (QED) is 0.784. The monoisotopic (exact) mass is 404 g/mol. The third-order valence-electron chi connectivity index (χ3n) is 5.59.